The van der Waals surface area contributed by atoms with Crippen LogP contribution in [0.3, 0.4) is 0 Å². The Morgan fingerprint density at radius 1 is 1.12 bits per heavy atom. The summed E-state index contributed by atoms with van der Waals surface area (Å²) in [6.45, 7) is 0. The lowest BCUT2D eigenvalue weighted by Crippen LogP contribution is -2.35. The fourth-order valence-electron chi connectivity index (χ4n) is 4.61. The van der Waals surface area contributed by atoms with Crippen LogP contribution in [0, 0.1) is 0 Å². The number of hydrogen-bond donors (Lipinski definition) is 2. The van der Waals surface area contributed by atoms with Gasteiger partial charge in [-0.3, -0.25) is 24.6 Å². The molecule has 1 aliphatic carbocycles. The van der Waals surface area contributed by atoms with Crippen LogP contribution in [0.4, 0.5) is 5.95 Å². The summed E-state index contributed by atoms with van der Waals surface area (Å²) in [6, 6.07) is 15.0. The molecule has 3 heterocycles. The standard InChI is InChI=1S/C27H23Cl2N9O2/c28-18-9-10-21(38-14-23(29)33-36-38)19(12-18)20-13-24(39)37(15-30-20)22(11-16-5-2-1-3-6-16)26(40)32-27-31-25(34-35-27)17-7-4-8-17/h1-3,5-6,9-10,12-15,17,22H,4,7-8,11H2,(H2,31,32,34,35,40). The Bertz CT molecular complexity index is 1730. The molecule has 2 aromatic carbocycles. The molecule has 1 saturated carbocycles. The first-order chi connectivity index (χ1) is 19.4. The van der Waals surface area contributed by atoms with E-state index in [2.05, 4.69) is 35.8 Å². The van der Waals surface area contributed by atoms with Crippen molar-refractivity contribution in [1.29, 1.82) is 0 Å². The second-order valence-electron chi connectivity index (χ2n) is 9.53. The lowest BCUT2D eigenvalue weighted by Gasteiger charge is -2.22. The molecule has 1 aliphatic rings. The predicted octanol–water partition coefficient (Wildman–Crippen LogP) is 4.61. The quantitative estimate of drug-likeness (QED) is 0.275. The van der Waals surface area contributed by atoms with E-state index in [1.807, 2.05) is 30.3 Å². The summed E-state index contributed by atoms with van der Waals surface area (Å²) in [5.41, 5.74) is 1.94. The second kappa shape index (κ2) is 11.0. The van der Waals surface area contributed by atoms with Gasteiger partial charge in [0.1, 0.15) is 11.9 Å². The molecule has 1 amide bonds. The largest absolute Gasteiger partial charge is 0.291 e. The normalized spacial score (nSPS) is 14.1. The SMILES string of the molecule is O=C(Nc1n[nH]c(C2CCC2)n1)C(Cc1ccccc1)n1cnc(-c2cc(Cl)ccc2-n2cc(Cl)nn2)cc1=O. The van der Waals surface area contributed by atoms with Crippen LogP contribution in [0.15, 0.2) is 71.9 Å². The molecule has 11 nitrogen and oxygen atoms in total. The van der Waals surface area contributed by atoms with Crippen molar-refractivity contribution in [2.45, 2.75) is 37.6 Å². The molecule has 3 aromatic heterocycles. The zero-order chi connectivity index (χ0) is 27.6. The molecule has 1 atom stereocenters. The summed E-state index contributed by atoms with van der Waals surface area (Å²) in [6.07, 6.45) is 6.40. The van der Waals surface area contributed by atoms with Crippen LogP contribution >= 0.6 is 23.2 Å². The molecule has 5 aromatic rings. The third kappa shape index (κ3) is 5.38. The fraction of sp³-hybridized carbons (Fsp3) is 0.222. The Morgan fingerprint density at radius 3 is 2.65 bits per heavy atom. The highest BCUT2D eigenvalue weighted by molar-refractivity contribution is 6.31. The molecule has 0 aliphatic heterocycles. The van der Waals surface area contributed by atoms with Crippen LogP contribution in [0.2, 0.25) is 10.2 Å². The number of amides is 1. The van der Waals surface area contributed by atoms with Gasteiger partial charge in [0.15, 0.2) is 5.15 Å². The minimum atomic E-state index is -0.907. The molecule has 1 unspecified atom stereocenters. The van der Waals surface area contributed by atoms with Crippen LogP contribution in [0.25, 0.3) is 16.9 Å². The minimum absolute atomic E-state index is 0.178. The van der Waals surface area contributed by atoms with Crippen LogP contribution in [-0.2, 0) is 11.2 Å². The smallest absolute Gasteiger partial charge is 0.254 e. The Morgan fingerprint density at radius 2 is 1.95 bits per heavy atom. The number of aromatic nitrogens is 8. The van der Waals surface area contributed by atoms with Crippen LogP contribution in [-0.4, -0.2) is 45.6 Å². The molecule has 0 spiro atoms. The van der Waals surface area contributed by atoms with Crippen LogP contribution in [0.1, 0.15) is 42.6 Å². The summed E-state index contributed by atoms with van der Waals surface area (Å²) >= 11 is 12.2. The Balaban J connectivity index is 1.34. The zero-order valence-corrected chi connectivity index (χ0v) is 22.5. The van der Waals surface area contributed by atoms with E-state index in [9.17, 15) is 9.59 Å². The van der Waals surface area contributed by atoms with Gasteiger partial charge in [0.2, 0.25) is 11.9 Å². The summed E-state index contributed by atoms with van der Waals surface area (Å²) in [7, 11) is 0. The van der Waals surface area contributed by atoms with E-state index < -0.39 is 17.5 Å². The first-order valence-corrected chi connectivity index (χ1v) is 13.4. The van der Waals surface area contributed by atoms with Gasteiger partial charge in [-0.1, -0.05) is 65.2 Å². The van der Waals surface area contributed by atoms with Crippen LogP contribution < -0.4 is 10.9 Å². The molecule has 1 fully saturated rings. The number of rotatable bonds is 8. The second-order valence-corrected chi connectivity index (χ2v) is 10.4. The number of nitrogens with one attached hydrogen (secondary N) is 2. The van der Waals surface area contributed by atoms with Gasteiger partial charge in [0.05, 0.1) is 23.9 Å². The molecule has 2 N–H and O–H groups in total. The number of nitrogens with zero attached hydrogens (tertiary/aromatic N) is 7. The van der Waals surface area contributed by atoms with E-state index in [-0.39, 0.29) is 17.5 Å². The lowest BCUT2D eigenvalue weighted by molar-refractivity contribution is -0.119. The number of anilines is 1. The van der Waals surface area contributed by atoms with E-state index in [0.29, 0.717) is 27.9 Å². The molecule has 0 saturated heterocycles. The monoisotopic (exact) mass is 575 g/mol. The van der Waals surface area contributed by atoms with E-state index in [4.69, 9.17) is 23.2 Å². The van der Waals surface area contributed by atoms with E-state index in [0.717, 1.165) is 30.7 Å². The van der Waals surface area contributed by atoms with Crippen molar-refractivity contribution in [3.63, 3.8) is 0 Å². The number of halogens is 2. The highest BCUT2D eigenvalue weighted by Gasteiger charge is 2.27. The predicted molar refractivity (Wildman–Crippen MR) is 150 cm³/mol. The van der Waals surface area contributed by atoms with Gasteiger partial charge >= 0.3 is 0 Å². The Labute approximate surface area is 238 Å². The Kier molecular flexibility index (Phi) is 7.14. The number of benzene rings is 2. The fourth-order valence-corrected chi connectivity index (χ4v) is 4.91. The maximum atomic E-state index is 13.5. The van der Waals surface area contributed by atoms with Gasteiger partial charge in [0, 0.05) is 29.0 Å². The van der Waals surface area contributed by atoms with Gasteiger partial charge in [0.25, 0.3) is 5.56 Å². The lowest BCUT2D eigenvalue weighted by atomic mass is 9.85. The number of aromatic amines is 1. The highest BCUT2D eigenvalue weighted by Crippen LogP contribution is 2.34. The summed E-state index contributed by atoms with van der Waals surface area (Å²) < 4.78 is 2.78. The molecule has 13 heteroatoms. The maximum Gasteiger partial charge on any atom is 0.254 e. The van der Waals surface area contributed by atoms with Crippen LogP contribution in [0.5, 0.6) is 0 Å². The van der Waals surface area contributed by atoms with Crippen molar-refractivity contribution in [2.24, 2.45) is 0 Å². The molecular formula is C27H23Cl2N9O2. The summed E-state index contributed by atoms with van der Waals surface area (Å²) in [5, 5.41) is 18.3. The summed E-state index contributed by atoms with van der Waals surface area (Å²) in [4.78, 5) is 36.0. The number of hydrogen-bond acceptors (Lipinski definition) is 7. The van der Waals surface area contributed by atoms with Crippen molar-refractivity contribution < 1.29 is 4.79 Å². The maximum absolute atomic E-state index is 13.5. The molecular weight excluding hydrogens is 553 g/mol. The van der Waals surface area contributed by atoms with E-state index in [1.165, 1.54) is 27.8 Å². The van der Waals surface area contributed by atoms with Crippen molar-refractivity contribution in [3.05, 3.63) is 99.0 Å². The van der Waals surface area contributed by atoms with E-state index in [1.54, 1.807) is 18.2 Å². The van der Waals surface area contributed by atoms with Crippen molar-refractivity contribution in [3.8, 4) is 16.9 Å². The average Bonchev–Trinajstić information content (AvgIpc) is 3.56. The third-order valence-corrected chi connectivity index (χ3v) is 7.33. The van der Waals surface area contributed by atoms with Gasteiger partial charge in [-0.2, -0.15) is 4.98 Å². The first-order valence-electron chi connectivity index (χ1n) is 12.7. The molecule has 6 rings (SSSR count). The zero-order valence-electron chi connectivity index (χ0n) is 21.0. The van der Waals surface area contributed by atoms with Crippen molar-refractivity contribution >= 4 is 35.1 Å². The molecule has 202 valence electrons. The van der Waals surface area contributed by atoms with Gasteiger partial charge in [-0.05, 0) is 36.6 Å². The topological polar surface area (TPSA) is 136 Å². The number of carbonyl (C=O) groups is 1. The van der Waals surface area contributed by atoms with Crippen molar-refractivity contribution in [1.82, 2.24) is 39.7 Å². The molecule has 0 bridgehead atoms. The number of carbonyl (C=O) groups excluding carboxylic acids is 1. The van der Waals surface area contributed by atoms with Crippen molar-refractivity contribution in [2.75, 3.05) is 5.32 Å². The average molecular weight is 576 g/mol. The van der Waals surface area contributed by atoms with Gasteiger partial charge < -0.3 is 0 Å². The molecule has 0 radical (unpaired) electrons. The minimum Gasteiger partial charge on any atom is -0.291 e. The summed E-state index contributed by atoms with van der Waals surface area (Å²) in [5.74, 6) is 0.843. The number of H-pyrrole nitrogens is 1. The highest BCUT2D eigenvalue weighted by atomic mass is 35.5. The molecule has 40 heavy (non-hydrogen) atoms. The van der Waals surface area contributed by atoms with E-state index >= 15 is 0 Å². The first kappa shape index (κ1) is 25.9. The third-order valence-electron chi connectivity index (χ3n) is 6.92. The van der Waals surface area contributed by atoms with Gasteiger partial charge in [-0.25, -0.2) is 9.67 Å². The Hall–Kier alpha value is -4.35. The van der Waals surface area contributed by atoms with Gasteiger partial charge in [-0.15, -0.1) is 10.2 Å².